The summed E-state index contributed by atoms with van der Waals surface area (Å²) in [5, 5.41) is 3.35. The highest BCUT2D eigenvalue weighted by molar-refractivity contribution is 7.38. The number of rotatable bonds is 2. The van der Waals surface area contributed by atoms with E-state index in [0.29, 0.717) is 0 Å². The standard InChI is InChI=1S/C8H19N2P/c1-7(2)10-5-4-8(9-3)11-6-10/h7-9,11H,4-6H2,1-3H3. The molecule has 1 N–H and O–H groups in total. The van der Waals surface area contributed by atoms with Crippen LogP contribution in [0, 0.1) is 0 Å². The summed E-state index contributed by atoms with van der Waals surface area (Å²) in [7, 11) is 3.15. The fourth-order valence-corrected chi connectivity index (χ4v) is 2.91. The molecule has 0 aromatic carbocycles. The average molecular weight is 174 g/mol. The van der Waals surface area contributed by atoms with E-state index in [1.165, 1.54) is 19.3 Å². The summed E-state index contributed by atoms with van der Waals surface area (Å²) in [6.45, 7) is 5.84. The fraction of sp³-hybridized carbons (Fsp3) is 1.00. The molecule has 3 heteroatoms. The minimum atomic E-state index is 0.736. The molecule has 2 unspecified atom stereocenters. The number of hydrogen-bond acceptors (Lipinski definition) is 2. The first kappa shape index (κ1) is 9.44. The van der Waals surface area contributed by atoms with E-state index in [0.717, 1.165) is 20.4 Å². The highest BCUT2D eigenvalue weighted by Crippen LogP contribution is 2.27. The highest BCUT2D eigenvalue weighted by Gasteiger charge is 2.18. The van der Waals surface area contributed by atoms with E-state index in [2.05, 4.69) is 31.1 Å². The summed E-state index contributed by atoms with van der Waals surface area (Å²) in [6, 6.07) is 0.736. The Kier molecular flexibility index (Phi) is 3.77. The SMILES string of the molecule is CNC1CCN(C(C)C)CP1. The normalized spacial score (nSPS) is 30.0. The van der Waals surface area contributed by atoms with Gasteiger partial charge < -0.3 is 5.32 Å². The van der Waals surface area contributed by atoms with Gasteiger partial charge >= 0.3 is 0 Å². The van der Waals surface area contributed by atoms with E-state index >= 15 is 0 Å². The molecule has 0 aliphatic carbocycles. The maximum absolute atomic E-state index is 3.35. The third kappa shape index (κ3) is 2.70. The Morgan fingerprint density at radius 1 is 1.55 bits per heavy atom. The zero-order valence-electron chi connectivity index (χ0n) is 7.72. The molecule has 1 rings (SSSR count). The molecule has 0 aromatic heterocycles. The van der Waals surface area contributed by atoms with Crippen LogP contribution in [-0.4, -0.2) is 36.6 Å². The topological polar surface area (TPSA) is 15.3 Å². The van der Waals surface area contributed by atoms with Gasteiger partial charge in [-0.05, 0) is 27.3 Å². The predicted octanol–water partition coefficient (Wildman–Crippen LogP) is 1.28. The van der Waals surface area contributed by atoms with Crippen molar-refractivity contribution < 1.29 is 0 Å². The van der Waals surface area contributed by atoms with Crippen molar-refractivity contribution in [1.82, 2.24) is 10.2 Å². The van der Waals surface area contributed by atoms with E-state index in [9.17, 15) is 0 Å². The molecule has 2 nitrogen and oxygen atoms in total. The first-order valence-electron chi connectivity index (χ1n) is 4.38. The van der Waals surface area contributed by atoms with Crippen molar-refractivity contribution in [2.45, 2.75) is 32.1 Å². The van der Waals surface area contributed by atoms with E-state index in [1.807, 2.05) is 0 Å². The van der Waals surface area contributed by atoms with Gasteiger partial charge in [-0.15, -0.1) is 0 Å². The summed E-state index contributed by atoms with van der Waals surface area (Å²) in [5.41, 5.74) is 0. The van der Waals surface area contributed by atoms with Crippen LogP contribution in [0.5, 0.6) is 0 Å². The first-order valence-corrected chi connectivity index (χ1v) is 5.67. The van der Waals surface area contributed by atoms with Crippen LogP contribution < -0.4 is 5.32 Å². The second kappa shape index (κ2) is 4.39. The number of nitrogens with zero attached hydrogens (tertiary/aromatic N) is 1. The maximum Gasteiger partial charge on any atom is 0.0261 e. The fourth-order valence-electron chi connectivity index (χ4n) is 1.39. The van der Waals surface area contributed by atoms with Crippen LogP contribution in [0.4, 0.5) is 0 Å². The van der Waals surface area contributed by atoms with Crippen molar-refractivity contribution in [3.05, 3.63) is 0 Å². The van der Waals surface area contributed by atoms with Crippen LogP contribution in [0.2, 0.25) is 0 Å². The van der Waals surface area contributed by atoms with Crippen molar-refractivity contribution in [2.75, 3.05) is 19.9 Å². The van der Waals surface area contributed by atoms with Crippen LogP contribution in [0.3, 0.4) is 0 Å². The minimum Gasteiger partial charge on any atom is -0.313 e. The Hall–Kier alpha value is 0.350. The molecular weight excluding hydrogens is 155 g/mol. The molecule has 1 fully saturated rings. The lowest BCUT2D eigenvalue weighted by molar-refractivity contribution is 0.243. The molecule has 2 atom stereocenters. The van der Waals surface area contributed by atoms with Gasteiger partial charge in [-0.1, -0.05) is 8.58 Å². The largest absolute Gasteiger partial charge is 0.313 e. The minimum absolute atomic E-state index is 0.736. The molecule has 1 aliphatic rings. The molecule has 0 saturated carbocycles. The molecule has 0 bridgehead atoms. The molecule has 0 radical (unpaired) electrons. The van der Waals surface area contributed by atoms with Crippen molar-refractivity contribution >= 4 is 8.58 Å². The van der Waals surface area contributed by atoms with Gasteiger partial charge in [0.1, 0.15) is 0 Å². The third-order valence-electron chi connectivity index (χ3n) is 2.32. The number of nitrogens with one attached hydrogen (secondary N) is 1. The monoisotopic (exact) mass is 174 g/mol. The Bertz CT molecular complexity index is 109. The highest BCUT2D eigenvalue weighted by atomic mass is 31.1. The van der Waals surface area contributed by atoms with E-state index < -0.39 is 0 Å². The summed E-state index contributed by atoms with van der Waals surface area (Å²) in [4.78, 5) is 2.56. The second-order valence-electron chi connectivity index (χ2n) is 3.40. The summed E-state index contributed by atoms with van der Waals surface area (Å²) >= 11 is 0. The van der Waals surface area contributed by atoms with Crippen LogP contribution in [0.1, 0.15) is 20.3 Å². The Labute approximate surface area is 71.5 Å². The van der Waals surface area contributed by atoms with Crippen LogP contribution in [-0.2, 0) is 0 Å². The zero-order valence-corrected chi connectivity index (χ0v) is 8.72. The molecule has 1 saturated heterocycles. The molecular formula is C8H19N2P. The molecule has 66 valence electrons. The van der Waals surface area contributed by atoms with Crippen molar-refractivity contribution in [1.29, 1.82) is 0 Å². The lowest BCUT2D eigenvalue weighted by Gasteiger charge is -2.34. The smallest absolute Gasteiger partial charge is 0.0261 e. The molecule has 0 spiro atoms. The van der Waals surface area contributed by atoms with Gasteiger partial charge in [0, 0.05) is 24.7 Å². The molecule has 1 heterocycles. The van der Waals surface area contributed by atoms with Crippen LogP contribution in [0.15, 0.2) is 0 Å². The van der Waals surface area contributed by atoms with Crippen molar-refractivity contribution in [3.8, 4) is 0 Å². The van der Waals surface area contributed by atoms with Gasteiger partial charge in [-0.2, -0.15) is 0 Å². The molecule has 11 heavy (non-hydrogen) atoms. The van der Waals surface area contributed by atoms with E-state index in [1.54, 1.807) is 0 Å². The van der Waals surface area contributed by atoms with Crippen molar-refractivity contribution in [2.24, 2.45) is 0 Å². The Morgan fingerprint density at radius 2 is 2.27 bits per heavy atom. The quantitative estimate of drug-likeness (QED) is 0.634. The van der Waals surface area contributed by atoms with Gasteiger partial charge in [-0.3, -0.25) is 4.90 Å². The summed E-state index contributed by atoms with van der Waals surface area (Å²) in [6.07, 6.45) is 2.62. The average Bonchev–Trinajstić information content (AvgIpc) is 2.05. The molecule has 0 amide bonds. The van der Waals surface area contributed by atoms with Crippen molar-refractivity contribution in [3.63, 3.8) is 0 Å². The van der Waals surface area contributed by atoms with E-state index in [-0.39, 0.29) is 0 Å². The lowest BCUT2D eigenvalue weighted by Crippen LogP contribution is -2.39. The lowest BCUT2D eigenvalue weighted by atomic mass is 10.3. The van der Waals surface area contributed by atoms with Gasteiger partial charge in [0.2, 0.25) is 0 Å². The third-order valence-corrected chi connectivity index (χ3v) is 3.98. The second-order valence-corrected chi connectivity index (χ2v) is 4.82. The van der Waals surface area contributed by atoms with Gasteiger partial charge in [0.05, 0.1) is 0 Å². The Morgan fingerprint density at radius 3 is 2.64 bits per heavy atom. The van der Waals surface area contributed by atoms with Crippen LogP contribution >= 0.6 is 8.58 Å². The maximum atomic E-state index is 3.35. The van der Waals surface area contributed by atoms with Gasteiger partial charge in [-0.25, -0.2) is 0 Å². The first-order chi connectivity index (χ1) is 5.24. The molecule has 0 aromatic rings. The predicted molar refractivity (Wildman–Crippen MR) is 52.5 cm³/mol. The number of hydrogen-bond donors (Lipinski definition) is 1. The van der Waals surface area contributed by atoms with Gasteiger partial charge in [0.15, 0.2) is 0 Å². The van der Waals surface area contributed by atoms with Crippen LogP contribution in [0.25, 0.3) is 0 Å². The summed E-state index contributed by atoms with van der Waals surface area (Å²) < 4.78 is 0. The van der Waals surface area contributed by atoms with Gasteiger partial charge in [0.25, 0.3) is 0 Å². The van der Waals surface area contributed by atoms with E-state index in [4.69, 9.17) is 0 Å². The Balaban J connectivity index is 2.24. The molecule has 1 aliphatic heterocycles. The zero-order chi connectivity index (χ0) is 8.27. The summed E-state index contributed by atoms with van der Waals surface area (Å²) in [5.74, 6) is 0.796.